The van der Waals surface area contributed by atoms with Gasteiger partial charge in [-0.2, -0.15) is 13.2 Å². The van der Waals surface area contributed by atoms with Gasteiger partial charge in [-0.3, -0.25) is 9.59 Å². The van der Waals surface area contributed by atoms with E-state index in [1.165, 1.54) is 12.1 Å². The fourth-order valence-corrected chi connectivity index (χ4v) is 2.99. The van der Waals surface area contributed by atoms with Crippen molar-refractivity contribution in [1.82, 2.24) is 14.9 Å². The Balaban J connectivity index is 1.57. The molecular weight excluding hydrogens is 399 g/mol. The van der Waals surface area contributed by atoms with E-state index in [0.717, 1.165) is 10.1 Å². The van der Waals surface area contributed by atoms with E-state index in [1.807, 2.05) is 37.3 Å². The van der Waals surface area contributed by atoms with Crippen molar-refractivity contribution in [2.45, 2.75) is 25.6 Å². The normalized spacial score (nSPS) is 12.5. The Labute approximate surface area is 170 Å². The molecule has 0 spiro atoms. The van der Waals surface area contributed by atoms with Crippen molar-refractivity contribution in [2.75, 3.05) is 13.2 Å². The number of hydrogen-bond donors (Lipinski definition) is 1. The first kappa shape index (κ1) is 21.4. The predicted molar refractivity (Wildman–Crippen MR) is 104 cm³/mol. The van der Waals surface area contributed by atoms with Crippen LogP contribution in [-0.2, 0) is 27.0 Å². The molecule has 1 amide bonds. The van der Waals surface area contributed by atoms with Crippen molar-refractivity contribution in [1.29, 1.82) is 0 Å². The van der Waals surface area contributed by atoms with E-state index in [1.54, 1.807) is 12.1 Å². The van der Waals surface area contributed by atoms with Gasteiger partial charge in [0.05, 0.1) is 11.0 Å². The molecule has 3 aromatic rings. The van der Waals surface area contributed by atoms with Crippen LogP contribution >= 0.6 is 0 Å². The van der Waals surface area contributed by atoms with Crippen molar-refractivity contribution in [3.8, 4) is 0 Å². The fourth-order valence-electron chi connectivity index (χ4n) is 2.99. The lowest BCUT2D eigenvalue weighted by Gasteiger charge is -2.14. The summed E-state index contributed by atoms with van der Waals surface area (Å²) < 4.78 is 45.4. The smallest absolute Gasteiger partial charge is 0.449 e. The van der Waals surface area contributed by atoms with Crippen molar-refractivity contribution >= 4 is 22.9 Å². The summed E-state index contributed by atoms with van der Waals surface area (Å²) in [5, 5.41) is 2.65. The van der Waals surface area contributed by atoms with Crippen molar-refractivity contribution in [3.05, 3.63) is 66.0 Å². The van der Waals surface area contributed by atoms with Gasteiger partial charge in [0.2, 0.25) is 5.82 Å². The predicted octanol–water partition coefficient (Wildman–Crippen LogP) is 3.52. The number of alkyl halides is 3. The largest absolute Gasteiger partial charge is 0.454 e. The Morgan fingerprint density at radius 2 is 1.77 bits per heavy atom. The highest BCUT2D eigenvalue weighted by molar-refractivity contribution is 5.82. The fraction of sp³-hybridized carbons (Fsp3) is 0.286. The first-order valence-electron chi connectivity index (χ1n) is 9.25. The third kappa shape index (κ3) is 5.16. The number of carbonyl (C=O) groups excluding carboxylic acids is 2. The van der Waals surface area contributed by atoms with Gasteiger partial charge in [0.25, 0.3) is 5.91 Å². The molecule has 1 N–H and O–H groups in total. The van der Waals surface area contributed by atoms with Gasteiger partial charge in [0.15, 0.2) is 6.61 Å². The molecule has 1 heterocycles. The molecule has 0 bridgehead atoms. The van der Waals surface area contributed by atoms with Gasteiger partial charge in [-0.25, -0.2) is 4.98 Å². The molecule has 0 radical (unpaired) electrons. The van der Waals surface area contributed by atoms with Gasteiger partial charge in [-0.05, 0) is 23.6 Å². The number of imidazole rings is 1. The summed E-state index contributed by atoms with van der Waals surface area (Å²) in [7, 11) is 0. The minimum absolute atomic E-state index is 0.0532. The highest BCUT2D eigenvalue weighted by Crippen LogP contribution is 2.31. The molecule has 0 aliphatic carbocycles. The molecule has 1 aromatic heterocycles. The van der Waals surface area contributed by atoms with Crippen LogP contribution in [0.1, 0.15) is 24.2 Å². The van der Waals surface area contributed by atoms with Crippen LogP contribution in [0.2, 0.25) is 0 Å². The number of amides is 1. The number of fused-ring (bicyclic) bond motifs is 1. The SMILES string of the molecule is CC(CNC(=O)COC(=O)Cn1c(C(F)(F)F)nc2ccccc21)c1ccccc1. The lowest BCUT2D eigenvalue weighted by atomic mass is 10.0. The second-order valence-corrected chi connectivity index (χ2v) is 6.78. The number of ether oxygens (including phenoxy) is 1. The number of para-hydroxylation sites is 2. The second-order valence-electron chi connectivity index (χ2n) is 6.78. The number of aromatic nitrogens is 2. The van der Waals surface area contributed by atoms with Crippen LogP contribution in [-0.4, -0.2) is 34.6 Å². The van der Waals surface area contributed by atoms with Gasteiger partial charge < -0.3 is 14.6 Å². The summed E-state index contributed by atoms with van der Waals surface area (Å²) in [6, 6.07) is 15.5. The minimum Gasteiger partial charge on any atom is -0.454 e. The lowest BCUT2D eigenvalue weighted by molar-refractivity contribution is -0.153. The molecule has 9 heteroatoms. The molecule has 0 aliphatic rings. The zero-order valence-electron chi connectivity index (χ0n) is 16.1. The summed E-state index contributed by atoms with van der Waals surface area (Å²) in [5.74, 6) is -2.63. The molecular formula is C21H20F3N3O3. The van der Waals surface area contributed by atoms with Gasteiger partial charge in [0, 0.05) is 6.54 Å². The van der Waals surface area contributed by atoms with E-state index in [2.05, 4.69) is 10.3 Å². The standard InChI is InChI=1S/C21H20F3N3O3/c1-14(15-7-3-2-4-8-15)11-25-18(28)13-30-19(29)12-27-17-10-6-5-9-16(17)26-20(27)21(22,23)24/h2-10,14H,11-13H2,1H3,(H,25,28). The molecule has 30 heavy (non-hydrogen) atoms. The molecule has 1 unspecified atom stereocenters. The molecule has 158 valence electrons. The summed E-state index contributed by atoms with van der Waals surface area (Å²) in [6.07, 6.45) is -4.73. The van der Waals surface area contributed by atoms with Gasteiger partial charge in [-0.1, -0.05) is 49.4 Å². The van der Waals surface area contributed by atoms with Crippen LogP contribution in [0.15, 0.2) is 54.6 Å². The van der Waals surface area contributed by atoms with E-state index in [9.17, 15) is 22.8 Å². The van der Waals surface area contributed by atoms with E-state index in [0.29, 0.717) is 6.54 Å². The summed E-state index contributed by atoms with van der Waals surface area (Å²) >= 11 is 0. The van der Waals surface area contributed by atoms with E-state index < -0.39 is 37.0 Å². The Morgan fingerprint density at radius 3 is 2.47 bits per heavy atom. The average Bonchev–Trinajstić information content (AvgIpc) is 3.10. The van der Waals surface area contributed by atoms with E-state index in [4.69, 9.17) is 4.74 Å². The molecule has 0 saturated carbocycles. The van der Waals surface area contributed by atoms with Gasteiger partial charge in [-0.15, -0.1) is 0 Å². The van der Waals surface area contributed by atoms with Crippen LogP contribution in [0.5, 0.6) is 0 Å². The summed E-state index contributed by atoms with van der Waals surface area (Å²) in [6.45, 7) is 0.993. The quantitative estimate of drug-likeness (QED) is 0.595. The van der Waals surface area contributed by atoms with Crippen LogP contribution in [0.4, 0.5) is 13.2 Å². The minimum atomic E-state index is -4.73. The third-order valence-electron chi connectivity index (χ3n) is 4.53. The molecule has 2 aromatic carbocycles. The van der Waals surface area contributed by atoms with Gasteiger partial charge in [0.1, 0.15) is 6.54 Å². The number of hydrogen-bond acceptors (Lipinski definition) is 4. The first-order chi connectivity index (χ1) is 14.3. The number of carbonyl (C=O) groups is 2. The number of nitrogens with zero attached hydrogens (tertiary/aromatic N) is 2. The van der Waals surface area contributed by atoms with Gasteiger partial charge >= 0.3 is 12.1 Å². The molecule has 0 aliphatic heterocycles. The Kier molecular flexibility index (Phi) is 6.39. The number of halogens is 3. The Hall–Kier alpha value is -3.36. The topological polar surface area (TPSA) is 73.2 Å². The van der Waals surface area contributed by atoms with Crippen LogP contribution in [0.3, 0.4) is 0 Å². The maximum absolute atomic E-state index is 13.3. The maximum atomic E-state index is 13.3. The molecule has 0 fully saturated rings. The highest BCUT2D eigenvalue weighted by atomic mass is 19.4. The highest BCUT2D eigenvalue weighted by Gasteiger charge is 2.38. The van der Waals surface area contributed by atoms with E-state index in [-0.39, 0.29) is 17.0 Å². The number of rotatable bonds is 7. The zero-order chi connectivity index (χ0) is 21.7. The summed E-state index contributed by atoms with van der Waals surface area (Å²) in [4.78, 5) is 27.6. The molecule has 1 atom stereocenters. The number of benzene rings is 2. The molecule has 3 rings (SSSR count). The molecule has 6 nitrogen and oxygen atoms in total. The third-order valence-corrected chi connectivity index (χ3v) is 4.53. The maximum Gasteiger partial charge on any atom is 0.449 e. The molecule has 0 saturated heterocycles. The Bertz CT molecular complexity index is 1030. The van der Waals surface area contributed by atoms with Crippen molar-refractivity contribution in [2.24, 2.45) is 0 Å². The van der Waals surface area contributed by atoms with Crippen LogP contribution in [0.25, 0.3) is 11.0 Å². The monoisotopic (exact) mass is 419 g/mol. The second kappa shape index (κ2) is 8.98. The lowest BCUT2D eigenvalue weighted by Crippen LogP contribution is -2.32. The zero-order valence-corrected chi connectivity index (χ0v) is 16.1. The van der Waals surface area contributed by atoms with E-state index >= 15 is 0 Å². The van der Waals surface area contributed by atoms with Crippen LogP contribution in [0, 0.1) is 0 Å². The number of nitrogens with one attached hydrogen (secondary N) is 1. The van der Waals surface area contributed by atoms with Crippen molar-refractivity contribution < 1.29 is 27.5 Å². The van der Waals surface area contributed by atoms with Crippen LogP contribution < -0.4 is 5.32 Å². The number of esters is 1. The Morgan fingerprint density at radius 1 is 1.10 bits per heavy atom. The average molecular weight is 419 g/mol. The van der Waals surface area contributed by atoms with Crippen molar-refractivity contribution in [3.63, 3.8) is 0 Å². The summed E-state index contributed by atoms with van der Waals surface area (Å²) in [5.41, 5.74) is 1.31. The first-order valence-corrected chi connectivity index (χ1v) is 9.25.